The summed E-state index contributed by atoms with van der Waals surface area (Å²) in [6, 6.07) is 11.5. The molecule has 3 aliphatic rings. The first-order chi connectivity index (χ1) is 21.1. The van der Waals surface area contributed by atoms with E-state index in [1.165, 1.54) is 24.3 Å². The van der Waals surface area contributed by atoms with E-state index >= 15 is 0 Å². The van der Waals surface area contributed by atoms with Gasteiger partial charge >= 0.3 is 18.3 Å². The molecule has 10 nitrogen and oxygen atoms in total. The quantitative estimate of drug-likeness (QED) is 0.214. The van der Waals surface area contributed by atoms with Crippen molar-refractivity contribution in [2.75, 3.05) is 4.90 Å². The van der Waals surface area contributed by atoms with Gasteiger partial charge in [0.2, 0.25) is 5.89 Å². The lowest BCUT2D eigenvalue weighted by Gasteiger charge is -2.37. The Balaban J connectivity index is 1.07. The lowest BCUT2D eigenvalue weighted by atomic mass is 9.99. The Morgan fingerprint density at radius 2 is 1.82 bits per heavy atom. The molecule has 0 radical (unpaired) electrons. The lowest BCUT2D eigenvalue weighted by molar-refractivity contribution is -0.274. The number of hydrogen-bond donors (Lipinski definition) is 1. The van der Waals surface area contributed by atoms with E-state index < -0.39 is 12.3 Å². The van der Waals surface area contributed by atoms with Crippen molar-refractivity contribution in [1.29, 1.82) is 0 Å². The van der Waals surface area contributed by atoms with Crippen molar-refractivity contribution >= 4 is 12.0 Å². The van der Waals surface area contributed by atoms with Crippen molar-refractivity contribution in [2.24, 2.45) is 0 Å². The summed E-state index contributed by atoms with van der Waals surface area (Å²) >= 11 is 0. The van der Waals surface area contributed by atoms with Gasteiger partial charge in [-0.1, -0.05) is 28.5 Å². The lowest BCUT2D eigenvalue weighted by Crippen LogP contribution is -2.45. The first kappa shape index (κ1) is 28.4. The average molecular weight is 611 g/mol. The maximum atomic E-state index is 13.1. The number of ether oxygens (including phenoxy) is 2. The first-order valence-corrected chi connectivity index (χ1v) is 14.6. The van der Waals surface area contributed by atoms with Gasteiger partial charge in [-0.15, -0.1) is 18.3 Å². The van der Waals surface area contributed by atoms with Crippen LogP contribution < -0.4 is 9.64 Å². The minimum absolute atomic E-state index is 0.0992. The van der Waals surface area contributed by atoms with Crippen LogP contribution in [0, 0.1) is 6.92 Å². The van der Waals surface area contributed by atoms with Crippen molar-refractivity contribution in [3.05, 3.63) is 64.9 Å². The fraction of sp³-hybridized carbons (Fsp3) is 0.419. The van der Waals surface area contributed by atoms with E-state index in [0.717, 1.165) is 25.7 Å². The van der Waals surface area contributed by atoms with Gasteiger partial charge in [0.15, 0.2) is 0 Å². The normalized spacial score (nSPS) is 21.5. The zero-order valence-electron chi connectivity index (χ0n) is 23.7. The molecule has 2 aromatic heterocycles. The van der Waals surface area contributed by atoms with Crippen molar-refractivity contribution in [3.63, 3.8) is 0 Å². The highest BCUT2D eigenvalue weighted by Crippen LogP contribution is 2.46. The number of carboxylic acid groups (broad SMARTS) is 1. The largest absolute Gasteiger partial charge is 0.573 e. The Kier molecular flexibility index (Phi) is 7.07. The highest BCUT2D eigenvalue weighted by atomic mass is 19.4. The van der Waals surface area contributed by atoms with Gasteiger partial charge in [-0.2, -0.15) is 0 Å². The van der Waals surface area contributed by atoms with E-state index in [1.807, 2.05) is 0 Å². The molecule has 2 atom stereocenters. The van der Waals surface area contributed by atoms with Gasteiger partial charge in [0, 0.05) is 34.7 Å². The number of aromatic nitrogens is 3. The van der Waals surface area contributed by atoms with Gasteiger partial charge in [0.1, 0.15) is 17.2 Å². The van der Waals surface area contributed by atoms with E-state index in [9.17, 15) is 23.1 Å². The number of piperidine rings is 1. The molecule has 13 heteroatoms. The van der Waals surface area contributed by atoms with Gasteiger partial charge in [0.25, 0.3) is 0 Å². The Hall–Kier alpha value is -4.39. The number of rotatable bonds is 9. The predicted octanol–water partition coefficient (Wildman–Crippen LogP) is 6.89. The number of nitrogens with zero attached hydrogens (tertiary/aromatic N) is 4. The number of anilines is 1. The van der Waals surface area contributed by atoms with E-state index in [0.29, 0.717) is 47.0 Å². The maximum Gasteiger partial charge on any atom is 0.573 e. The van der Waals surface area contributed by atoms with Crippen LogP contribution in [-0.4, -0.2) is 51.0 Å². The van der Waals surface area contributed by atoms with Crippen molar-refractivity contribution in [2.45, 2.75) is 82.5 Å². The maximum absolute atomic E-state index is 13.1. The van der Waals surface area contributed by atoms with Crippen LogP contribution >= 0.6 is 0 Å². The third kappa shape index (κ3) is 5.51. The van der Waals surface area contributed by atoms with Crippen LogP contribution in [0.5, 0.6) is 5.75 Å². The number of para-hydroxylation sites is 1. The Bertz CT molecular complexity index is 1680. The first-order valence-electron chi connectivity index (χ1n) is 14.6. The van der Waals surface area contributed by atoms with Gasteiger partial charge in [-0.3, -0.25) is 0 Å². The molecule has 0 spiro atoms. The standard InChI is InChI=1S/C31H29F3N4O6/c1-16-6-7-18(12-23(16)29(39)40)28-35-36-30(42-28)38-19-10-11-20(38)14-21(13-19)41-15-24-26(37-44-27(24)17-8-9-17)22-4-2-3-5-25(22)43-31(32,33)34/h2-7,12,17,19-21H,8-11,13-15H2,1H3,(H,39,40). The molecule has 230 valence electrons. The number of halogens is 3. The smallest absolute Gasteiger partial charge is 0.478 e. The molecular weight excluding hydrogens is 581 g/mol. The molecule has 4 heterocycles. The number of aryl methyl sites for hydroxylation is 1. The molecule has 0 amide bonds. The zero-order valence-corrected chi connectivity index (χ0v) is 23.7. The summed E-state index contributed by atoms with van der Waals surface area (Å²) in [6.07, 6.45) is 0.161. The molecular formula is C31H29F3N4O6. The molecule has 2 aliphatic heterocycles. The molecule has 4 aromatic rings. The molecule has 44 heavy (non-hydrogen) atoms. The van der Waals surface area contributed by atoms with Crippen molar-refractivity contribution < 1.29 is 41.5 Å². The van der Waals surface area contributed by atoms with Crippen LogP contribution in [0.2, 0.25) is 0 Å². The average Bonchev–Trinajstić information content (AvgIpc) is 3.44. The molecule has 3 fully saturated rings. The Morgan fingerprint density at radius 3 is 2.52 bits per heavy atom. The number of carboxylic acids is 1. The molecule has 2 bridgehead atoms. The Labute approximate surface area is 249 Å². The summed E-state index contributed by atoms with van der Waals surface area (Å²) < 4.78 is 61.8. The number of carbonyl (C=O) groups is 1. The number of hydrogen-bond acceptors (Lipinski definition) is 9. The second-order valence-electron chi connectivity index (χ2n) is 11.6. The van der Waals surface area contributed by atoms with Crippen LogP contribution in [0.4, 0.5) is 19.2 Å². The van der Waals surface area contributed by atoms with Crippen LogP contribution in [0.1, 0.15) is 71.7 Å². The number of benzene rings is 2. The summed E-state index contributed by atoms with van der Waals surface area (Å²) in [4.78, 5) is 13.7. The minimum atomic E-state index is -4.84. The molecule has 2 aromatic carbocycles. The van der Waals surface area contributed by atoms with Gasteiger partial charge in [0.05, 0.1) is 18.3 Å². The van der Waals surface area contributed by atoms with E-state index in [2.05, 4.69) is 25.0 Å². The fourth-order valence-electron chi connectivity index (χ4n) is 6.41. The van der Waals surface area contributed by atoms with Crippen molar-refractivity contribution in [1.82, 2.24) is 15.4 Å². The highest BCUT2D eigenvalue weighted by Gasteiger charge is 2.44. The molecule has 2 saturated heterocycles. The van der Waals surface area contributed by atoms with Gasteiger partial charge < -0.3 is 28.4 Å². The third-order valence-electron chi connectivity index (χ3n) is 8.64. The monoisotopic (exact) mass is 610 g/mol. The summed E-state index contributed by atoms with van der Waals surface area (Å²) in [5, 5.41) is 22.1. The fourth-order valence-corrected chi connectivity index (χ4v) is 6.41. The second kappa shape index (κ2) is 11.0. The summed E-state index contributed by atoms with van der Waals surface area (Å²) in [6.45, 7) is 1.88. The SMILES string of the molecule is Cc1ccc(-c2nnc(N3C4CCC3CC(OCc3c(-c5ccccc5OC(F)(F)F)noc3C3CC3)C4)o2)cc1C(=O)O. The van der Waals surface area contributed by atoms with Crippen LogP contribution in [0.15, 0.2) is 51.4 Å². The number of aromatic carboxylic acids is 1. The Morgan fingerprint density at radius 1 is 1.07 bits per heavy atom. The molecule has 1 saturated carbocycles. The molecule has 7 rings (SSSR count). The highest BCUT2D eigenvalue weighted by molar-refractivity contribution is 5.90. The number of alkyl halides is 3. The topological polar surface area (TPSA) is 124 Å². The van der Waals surface area contributed by atoms with Crippen LogP contribution in [0.3, 0.4) is 0 Å². The predicted molar refractivity (Wildman–Crippen MR) is 149 cm³/mol. The summed E-state index contributed by atoms with van der Waals surface area (Å²) in [5.74, 6) is -0.279. The summed E-state index contributed by atoms with van der Waals surface area (Å²) in [7, 11) is 0. The van der Waals surface area contributed by atoms with Gasteiger partial charge in [-0.25, -0.2) is 4.79 Å². The van der Waals surface area contributed by atoms with Gasteiger partial charge in [-0.05, 0) is 75.3 Å². The molecule has 1 N–H and O–H groups in total. The van der Waals surface area contributed by atoms with Crippen LogP contribution in [-0.2, 0) is 11.3 Å². The summed E-state index contributed by atoms with van der Waals surface area (Å²) in [5.41, 5.74) is 2.51. The van der Waals surface area contributed by atoms with E-state index in [-0.39, 0.29) is 53.5 Å². The number of fused-ring (bicyclic) bond motifs is 2. The van der Waals surface area contributed by atoms with E-state index in [1.54, 1.807) is 25.1 Å². The minimum Gasteiger partial charge on any atom is -0.478 e. The third-order valence-corrected chi connectivity index (χ3v) is 8.64. The molecule has 2 unspecified atom stereocenters. The van der Waals surface area contributed by atoms with Crippen LogP contribution in [0.25, 0.3) is 22.7 Å². The van der Waals surface area contributed by atoms with E-state index in [4.69, 9.17) is 13.7 Å². The molecule has 1 aliphatic carbocycles. The zero-order chi connectivity index (χ0) is 30.6. The second-order valence-corrected chi connectivity index (χ2v) is 11.6. The van der Waals surface area contributed by atoms with Crippen molar-refractivity contribution in [3.8, 4) is 28.5 Å².